The van der Waals surface area contributed by atoms with Crippen LogP contribution >= 0.6 is 0 Å². The van der Waals surface area contributed by atoms with Gasteiger partial charge in [-0.05, 0) is 6.07 Å². The highest BCUT2D eigenvalue weighted by Crippen LogP contribution is 2.17. The van der Waals surface area contributed by atoms with Gasteiger partial charge in [-0.2, -0.15) is 4.31 Å². The summed E-state index contributed by atoms with van der Waals surface area (Å²) in [6.07, 6.45) is -2.01. The molecule has 0 unspecified atom stereocenters. The molecule has 1 heterocycles. The van der Waals surface area contributed by atoms with E-state index in [1.54, 1.807) is 0 Å². The van der Waals surface area contributed by atoms with Gasteiger partial charge in [0.25, 0.3) is 6.43 Å². The number of alkyl halides is 2. The van der Waals surface area contributed by atoms with Crippen molar-refractivity contribution in [3.05, 3.63) is 18.0 Å². The van der Waals surface area contributed by atoms with Crippen molar-refractivity contribution in [3.8, 4) is 0 Å². The second-order valence-corrected chi connectivity index (χ2v) is 5.47. The molecule has 108 valence electrons. The molecule has 0 amide bonds. The van der Waals surface area contributed by atoms with Gasteiger partial charge in [-0.1, -0.05) is 0 Å². The van der Waals surface area contributed by atoms with Gasteiger partial charge in [0.1, 0.15) is 10.6 Å². The SMILES string of the molecule is O=C(O)c1cc(S(=O)(=O)N(CCO)CC(F)F)c[nH]1. The zero-order chi connectivity index (χ0) is 14.6. The summed E-state index contributed by atoms with van der Waals surface area (Å²) >= 11 is 0. The summed E-state index contributed by atoms with van der Waals surface area (Å²) in [6.45, 7) is -2.20. The van der Waals surface area contributed by atoms with Gasteiger partial charge < -0.3 is 15.2 Å². The Balaban J connectivity index is 3.07. The van der Waals surface area contributed by atoms with Crippen LogP contribution in [0.3, 0.4) is 0 Å². The second-order valence-electron chi connectivity index (χ2n) is 3.53. The molecule has 0 spiro atoms. The fourth-order valence-corrected chi connectivity index (χ4v) is 2.77. The van der Waals surface area contributed by atoms with E-state index in [1.807, 2.05) is 0 Å². The monoisotopic (exact) mass is 298 g/mol. The fourth-order valence-electron chi connectivity index (χ4n) is 1.37. The van der Waals surface area contributed by atoms with Gasteiger partial charge >= 0.3 is 5.97 Å². The quantitative estimate of drug-likeness (QED) is 0.654. The van der Waals surface area contributed by atoms with E-state index >= 15 is 0 Å². The van der Waals surface area contributed by atoms with Gasteiger partial charge in [-0.25, -0.2) is 22.0 Å². The van der Waals surface area contributed by atoms with Crippen LogP contribution in [0.2, 0.25) is 0 Å². The number of nitrogens with one attached hydrogen (secondary N) is 1. The molecule has 0 bridgehead atoms. The zero-order valence-electron chi connectivity index (χ0n) is 9.58. The molecule has 3 N–H and O–H groups in total. The number of halogens is 2. The van der Waals surface area contributed by atoms with Crippen LogP contribution in [0.5, 0.6) is 0 Å². The highest BCUT2D eigenvalue weighted by atomic mass is 32.2. The molecule has 0 fully saturated rings. The first kappa shape index (κ1) is 15.5. The van der Waals surface area contributed by atoms with Gasteiger partial charge in [0, 0.05) is 12.7 Å². The number of aromatic amines is 1. The van der Waals surface area contributed by atoms with Crippen molar-refractivity contribution in [2.45, 2.75) is 11.3 Å². The Kier molecular flexibility index (Phi) is 4.97. The molecule has 0 aliphatic rings. The highest BCUT2D eigenvalue weighted by molar-refractivity contribution is 7.89. The van der Waals surface area contributed by atoms with Crippen LogP contribution in [0.4, 0.5) is 8.78 Å². The number of aliphatic hydroxyl groups excluding tert-OH is 1. The fraction of sp³-hybridized carbons (Fsp3) is 0.444. The summed E-state index contributed by atoms with van der Waals surface area (Å²) < 4.78 is 48.9. The molecule has 1 aromatic heterocycles. The van der Waals surface area contributed by atoms with E-state index in [-0.39, 0.29) is 5.69 Å². The topological polar surface area (TPSA) is 111 Å². The number of hydrogen-bond acceptors (Lipinski definition) is 4. The first-order chi connectivity index (χ1) is 8.78. The number of carbonyl (C=O) groups is 1. The minimum absolute atomic E-state index is 0.375. The molecule has 0 radical (unpaired) electrons. The largest absolute Gasteiger partial charge is 0.477 e. The Hall–Kier alpha value is -1.52. The number of aromatic carboxylic acids is 1. The van der Waals surface area contributed by atoms with Gasteiger partial charge in [0.05, 0.1) is 13.2 Å². The molecule has 19 heavy (non-hydrogen) atoms. The van der Waals surface area contributed by atoms with Crippen molar-refractivity contribution < 1.29 is 32.2 Å². The second kappa shape index (κ2) is 6.08. The molecule has 7 nitrogen and oxygen atoms in total. The number of aromatic nitrogens is 1. The molecule has 0 atom stereocenters. The van der Waals surface area contributed by atoms with Crippen LogP contribution in [0.1, 0.15) is 10.5 Å². The Labute approximate surface area is 107 Å². The highest BCUT2D eigenvalue weighted by Gasteiger charge is 2.28. The lowest BCUT2D eigenvalue weighted by Crippen LogP contribution is -2.37. The minimum atomic E-state index is -4.27. The predicted octanol–water partition coefficient (Wildman–Crippen LogP) is -0.0390. The van der Waals surface area contributed by atoms with Gasteiger partial charge in [-0.3, -0.25) is 0 Å². The number of rotatable bonds is 7. The van der Waals surface area contributed by atoms with E-state index in [9.17, 15) is 22.0 Å². The molecule has 0 saturated heterocycles. The number of nitrogens with zero attached hydrogens (tertiary/aromatic N) is 1. The van der Waals surface area contributed by atoms with Crippen LogP contribution in [0, 0.1) is 0 Å². The summed E-state index contributed by atoms with van der Waals surface area (Å²) in [6, 6.07) is 0.827. The van der Waals surface area contributed by atoms with Crippen molar-refractivity contribution in [2.75, 3.05) is 19.7 Å². The third-order valence-corrected chi connectivity index (χ3v) is 4.06. The van der Waals surface area contributed by atoms with E-state index in [1.165, 1.54) is 0 Å². The summed E-state index contributed by atoms with van der Waals surface area (Å²) in [7, 11) is -4.27. The molecule has 1 rings (SSSR count). The Morgan fingerprint density at radius 1 is 1.47 bits per heavy atom. The Morgan fingerprint density at radius 2 is 2.11 bits per heavy atom. The first-order valence-electron chi connectivity index (χ1n) is 5.10. The number of aliphatic hydroxyl groups is 1. The minimum Gasteiger partial charge on any atom is -0.477 e. The van der Waals surface area contributed by atoms with Gasteiger partial charge in [-0.15, -0.1) is 0 Å². The maximum Gasteiger partial charge on any atom is 0.352 e. The normalized spacial score (nSPS) is 12.3. The third-order valence-electron chi connectivity index (χ3n) is 2.22. The summed E-state index contributed by atoms with van der Waals surface area (Å²) in [5.74, 6) is -1.37. The van der Waals surface area contributed by atoms with Crippen LogP contribution in [-0.2, 0) is 10.0 Å². The summed E-state index contributed by atoms with van der Waals surface area (Å²) in [4.78, 5) is 12.4. The number of H-pyrrole nitrogens is 1. The third kappa shape index (κ3) is 3.72. The summed E-state index contributed by atoms with van der Waals surface area (Å²) in [5, 5.41) is 17.4. The average Bonchev–Trinajstić information content (AvgIpc) is 2.77. The molecule has 10 heteroatoms. The van der Waals surface area contributed by atoms with Crippen molar-refractivity contribution in [2.24, 2.45) is 0 Å². The van der Waals surface area contributed by atoms with Crippen LogP contribution < -0.4 is 0 Å². The number of hydrogen-bond donors (Lipinski definition) is 3. The number of sulfonamides is 1. The van der Waals surface area contributed by atoms with E-state index in [4.69, 9.17) is 10.2 Å². The van der Waals surface area contributed by atoms with Gasteiger partial charge in [0.15, 0.2) is 0 Å². The maximum atomic E-state index is 12.3. The molecular formula is C9H12F2N2O5S. The maximum absolute atomic E-state index is 12.3. The van der Waals surface area contributed by atoms with E-state index in [2.05, 4.69) is 4.98 Å². The summed E-state index contributed by atoms with van der Waals surface area (Å²) in [5.41, 5.74) is -0.375. The van der Waals surface area contributed by atoms with Crippen LogP contribution in [0.25, 0.3) is 0 Å². The molecule has 1 aromatic rings. The zero-order valence-corrected chi connectivity index (χ0v) is 10.4. The average molecular weight is 298 g/mol. The van der Waals surface area contributed by atoms with Crippen molar-refractivity contribution in [1.29, 1.82) is 0 Å². The molecule has 0 aliphatic carbocycles. The Bertz CT molecular complexity index is 543. The first-order valence-corrected chi connectivity index (χ1v) is 6.54. The van der Waals surface area contributed by atoms with Crippen LogP contribution in [-0.4, -0.2) is 60.0 Å². The molecule has 0 aromatic carbocycles. The lowest BCUT2D eigenvalue weighted by atomic mass is 10.4. The predicted molar refractivity (Wildman–Crippen MR) is 59.6 cm³/mol. The van der Waals surface area contributed by atoms with Crippen molar-refractivity contribution >= 4 is 16.0 Å². The Morgan fingerprint density at radius 3 is 2.53 bits per heavy atom. The van der Waals surface area contributed by atoms with Crippen LogP contribution in [0.15, 0.2) is 17.2 Å². The van der Waals surface area contributed by atoms with E-state index in [0.717, 1.165) is 12.3 Å². The van der Waals surface area contributed by atoms with Crippen molar-refractivity contribution in [1.82, 2.24) is 9.29 Å². The molecule has 0 aliphatic heterocycles. The van der Waals surface area contributed by atoms with Gasteiger partial charge in [0.2, 0.25) is 10.0 Å². The number of carboxylic acid groups (broad SMARTS) is 1. The molecule has 0 saturated carbocycles. The van der Waals surface area contributed by atoms with Crippen molar-refractivity contribution in [3.63, 3.8) is 0 Å². The smallest absolute Gasteiger partial charge is 0.352 e. The lowest BCUT2D eigenvalue weighted by Gasteiger charge is -2.19. The lowest BCUT2D eigenvalue weighted by molar-refractivity contribution is 0.0691. The number of carboxylic acids is 1. The van der Waals surface area contributed by atoms with E-state index in [0.29, 0.717) is 4.31 Å². The van der Waals surface area contributed by atoms with E-state index < -0.39 is 47.0 Å². The molecular weight excluding hydrogens is 286 g/mol. The standard InChI is InChI=1S/C9H12F2N2O5S/c10-8(11)5-13(1-2-14)19(17,18)6-3-7(9(15)16)12-4-6/h3-4,8,12,14H,1-2,5H2,(H,15,16).